The number of carbonyl (C=O) groups excluding carboxylic acids is 1. The van der Waals surface area contributed by atoms with E-state index in [9.17, 15) is 4.79 Å². The monoisotopic (exact) mass is 292 g/mol. The summed E-state index contributed by atoms with van der Waals surface area (Å²) in [5.41, 5.74) is 10.2. The molecule has 3 aromatic rings. The third-order valence-electron chi connectivity index (χ3n) is 3.61. The Hall–Kier alpha value is -2.95. The van der Waals surface area contributed by atoms with Gasteiger partial charge in [0, 0.05) is 5.56 Å². The number of aryl methyl sites for hydroxylation is 1. The molecule has 0 saturated heterocycles. The number of primary amides is 1. The summed E-state index contributed by atoms with van der Waals surface area (Å²) >= 11 is 0. The highest BCUT2D eigenvalue weighted by molar-refractivity contribution is 5.96. The molecule has 22 heavy (non-hydrogen) atoms. The van der Waals surface area contributed by atoms with Gasteiger partial charge in [-0.2, -0.15) is 15.4 Å². The fourth-order valence-electron chi connectivity index (χ4n) is 2.38. The third kappa shape index (κ3) is 2.61. The summed E-state index contributed by atoms with van der Waals surface area (Å²) in [5, 5.41) is 10.3. The van der Waals surface area contributed by atoms with Gasteiger partial charge in [0.2, 0.25) is 0 Å². The molecule has 0 spiro atoms. The molecule has 0 radical (unpaired) electrons. The molecular formula is C17H16N4O. The van der Waals surface area contributed by atoms with Crippen molar-refractivity contribution in [2.45, 2.75) is 13.3 Å². The zero-order valence-electron chi connectivity index (χ0n) is 12.2. The Morgan fingerprint density at radius 1 is 1.05 bits per heavy atom. The molecule has 0 atom stereocenters. The van der Waals surface area contributed by atoms with Crippen molar-refractivity contribution >= 4 is 5.91 Å². The molecule has 0 bridgehead atoms. The van der Waals surface area contributed by atoms with Crippen LogP contribution in [0, 0.1) is 0 Å². The quantitative estimate of drug-likeness (QED) is 0.775. The number of rotatable bonds is 4. The number of aromatic nitrogens is 3. The number of hydrogen-bond donors (Lipinski definition) is 2. The van der Waals surface area contributed by atoms with E-state index in [2.05, 4.69) is 46.6 Å². The minimum Gasteiger partial charge on any atom is -0.364 e. The molecule has 2 aromatic carbocycles. The minimum absolute atomic E-state index is 0.151. The van der Waals surface area contributed by atoms with E-state index in [4.69, 9.17) is 5.73 Å². The summed E-state index contributed by atoms with van der Waals surface area (Å²) < 4.78 is 0. The number of amides is 1. The lowest BCUT2D eigenvalue weighted by atomic mass is 9.99. The molecular weight excluding hydrogens is 276 g/mol. The van der Waals surface area contributed by atoms with Crippen molar-refractivity contribution in [3.8, 4) is 22.4 Å². The van der Waals surface area contributed by atoms with Crippen molar-refractivity contribution in [2.24, 2.45) is 5.73 Å². The average Bonchev–Trinajstić information content (AvgIpc) is 3.05. The van der Waals surface area contributed by atoms with E-state index in [0.717, 1.165) is 23.1 Å². The van der Waals surface area contributed by atoms with E-state index in [0.29, 0.717) is 5.69 Å². The second kappa shape index (κ2) is 5.81. The van der Waals surface area contributed by atoms with Crippen LogP contribution in [0.1, 0.15) is 23.0 Å². The fourth-order valence-corrected chi connectivity index (χ4v) is 2.38. The maximum atomic E-state index is 11.4. The predicted molar refractivity (Wildman–Crippen MR) is 85.2 cm³/mol. The van der Waals surface area contributed by atoms with Crippen molar-refractivity contribution in [2.75, 3.05) is 0 Å². The van der Waals surface area contributed by atoms with Gasteiger partial charge in [0.25, 0.3) is 5.91 Å². The van der Waals surface area contributed by atoms with Gasteiger partial charge in [-0.1, -0.05) is 49.4 Å². The number of hydrogen-bond acceptors (Lipinski definition) is 3. The van der Waals surface area contributed by atoms with Gasteiger partial charge in [-0.25, -0.2) is 0 Å². The minimum atomic E-state index is -0.596. The summed E-state index contributed by atoms with van der Waals surface area (Å²) in [6, 6.07) is 16.2. The van der Waals surface area contributed by atoms with Crippen LogP contribution in [0.25, 0.3) is 22.4 Å². The van der Waals surface area contributed by atoms with Crippen LogP contribution >= 0.6 is 0 Å². The molecule has 0 aliphatic heterocycles. The van der Waals surface area contributed by atoms with Gasteiger partial charge in [-0.05, 0) is 29.2 Å². The molecule has 5 heteroatoms. The Balaban J connectivity index is 2.02. The molecule has 3 N–H and O–H groups in total. The molecule has 1 aromatic heterocycles. The van der Waals surface area contributed by atoms with E-state index in [-0.39, 0.29) is 5.69 Å². The van der Waals surface area contributed by atoms with Gasteiger partial charge in [0.1, 0.15) is 5.69 Å². The molecule has 0 saturated carbocycles. The van der Waals surface area contributed by atoms with Crippen molar-refractivity contribution in [1.29, 1.82) is 0 Å². The van der Waals surface area contributed by atoms with Crippen molar-refractivity contribution in [3.05, 3.63) is 59.8 Å². The number of aromatic amines is 1. The summed E-state index contributed by atoms with van der Waals surface area (Å²) in [6.07, 6.45) is 1.02. The fraction of sp³-hybridized carbons (Fsp3) is 0.118. The SMILES string of the molecule is CCc1ccc(-c2cccc(-c3n[nH]nc3C(N)=O)c2)cc1. The average molecular weight is 292 g/mol. The molecule has 1 heterocycles. The largest absolute Gasteiger partial charge is 0.364 e. The van der Waals surface area contributed by atoms with Gasteiger partial charge >= 0.3 is 0 Å². The van der Waals surface area contributed by atoms with E-state index < -0.39 is 5.91 Å². The highest BCUT2D eigenvalue weighted by Crippen LogP contribution is 2.26. The number of nitrogens with one attached hydrogen (secondary N) is 1. The summed E-state index contributed by atoms with van der Waals surface area (Å²) in [4.78, 5) is 11.4. The molecule has 0 aliphatic carbocycles. The molecule has 110 valence electrons. The van der Waals surface area contributed by atoms with Gasteiger partial charge in [0.15, 0.2) is 5.69 Å². The highest BCUT2D eigenvalue weighted by Gasteiger charge is 2.15. The zero-order valence-corrected chi connectivity index (χ0v) is 12.2. The van der Waals surface area contributed by atoms with E-state index in [1.165, 1.54) is 5.56 Å². The topological polar surface area (TPSA) is 84.7 Å². The lowest BCUT2D eigenvalue weighted by Gasteiger charge is -2.05. The number of nitrogens with zero attached hydrogens (tertiary/aromatic N) is 2. The zero-order chi connectivity index (χ0) is 15.5. The van der Waals surface area contributed by atoms with Gasteiger partial charge in [0.05, 0.1) is 0 Å². The van der Waals surface area contributed by atoms with Crippen molar-refractivity contribution < 1.29 is 4.79 Å². The molecule has 0 unspecified atom stereocenters. The number of H-pyrrole nitrogens is 1. The van der Waals surface area contributed by atoms with E-state index in [1.807, 2.05) is 24.3 Å². The Bertz CT molecular complexity index is 806. The molecule has 5 nitrogen and oxygen atoms in total. The maximum absolute atomic E-state index is 11.4. The van der Waals surface area contributed by atoms with Crippen LogP contribution in [0.4, 0.5) is 0 Å². The maximum Gasteiger partial charge on any atom is 0.271 e. The van der Waals surface area contributed by atoms with Crippen LogP contribution in [0.3, 0.4) is 0 Å². The Labute approximate surface area is 128 Å². The molecule has 0 aliphatic rings. The summed E-state index contributed by atoms with van der Waals surface area (Å²) in [7, 11) is 0. The first kappa shape index (κ1) is 14.0. The highest BCUT2D eigenvalue weighted by atomic mass is 16.1. The standard InChI is InChI=1S/C17H16N4O/c1-2-11-6-8-12(9-7-11)13-4-3-5-14(10-13)15-16(17(18)22)20-21-19-15/h3-10H,2H2,1H3,(H2,18,22)(H,19,20,21). The number of carbonyl (C=O) groups is 1. The first-order valence-corrected chi connectivity index (χ1v) is 7.09. The smallest absolute Gasteiger partial charge is 0.271 e. The van der Waals surface area contributed by atoms with Crippen LogP contribution < -0.4 is 5.73 Å². The van der Waals surface area contributed by atoms with Crippen LogP contribution in [0.2, 0.25) is 0 Å². The normalized spacial score (nSPS) is 10.6. The molecule has 0 fully saturated rings. The third-order valence-corrected chi connectivity index (χ3v) is 3.61. The summed E-state index contributed by atoms with van der Waals surface area (Å²) in [6.45, 7) is 2.13. The van der Waals surface area contributed by atoms with Crippen LogP contribution in [0.5, 0.6) is 0 Å². The van der Waals surface area contributed by atoms with E-state index in [1.54, 1.807) is 0 Å². The second-order valence-corrected chi connectivity index (χ2v) is 5.02. The molecule has 3 rings (SSSR count). The Kier molecular flexibility index (Phi) is 3.70. The lowest BCUT2D eigenvalue weighted by molar-refractivity contribution is 0.0996. The van der Waals surface area contributed by atoms with Crippen molar-refractivity contribution in [3.63, 3.8) is 0 Å². The Morgan fingerprint density at radius 2 is 1.77 bits per heavy atom. The van der Waals surface area contributed by atoms with Gasteiger partial charge in [-0.15, -0.1) is 0 Å². The number of nitrogens with two attached hydrogens (primary N) is 1. The second-order valence-electron chi connectivity index (χ2n) is 5.02. The Morgan fingerprint density at radius 3 is 2.45 bits per heavy atom. The van der Waals surface area contributed by atoms with Crippen LogP contribution in [-0.4, -0.2) is 21.3 Å². The number of benzene rings is 2. The van der Waals surface area contributed by atoms with E-state index >= 15 is 0 Å². The molecule has 1 amide bonds. The first-order valence-electron chi connectivity index (χ1n) is 7.09. The van der Waals surface area contributed by atoms with Crippen LogP contribution in [-0.2, 0) is 6.42 Å². The van der Waals surface area contributed by atoms with Crippen LogP contribution in [0.15, 0.2) is 48.5 Å². The lowest BCUT2D eigenvalue weighted by Crippen LogP contribution is -2.12. The van der Waals surface area contributed by atoms with Crippen molar-refractivity contribution in [1.82, 2.24) is 15.4 Å². The van der Waals surface area contributed by atoms with Gasteiger partial charge < -0.3 is 5.73 Å². The summed E-state index contributed by atoms with van der Waals surface area (Å²) in [5.74, 6) is -0.596. The predicted octanol–water partition coefficient (Wildman–Crippen LogP) is 2.80. The first-order chi connectivity index (χ1) is 10.7. The van der Waals surface area contributed by atoms with Gasteiger partial charge in [-0.3, -0.25) is 4.79 Å².